The highest BCUT2D eigenvalue weighted by Gasteiger charge is 2.14. The lowest BCUT2D eigenvalue weighted by molar-refractivity contribution is 0.0692. The van der Waals surface area contributed by atoms with Gasteiger partial charge in [0.15, 0.2) is 5.82 Å². The molecular formula is C12H10N2O3. The third-order valence-corrected chi connectivity index (χ3v) is 2.21. The molecule has 0 fully saturated rings. The number of carboxylic acids is 1. The van der Waals surface area contributed by atoms with Crippen LogP contribution in [0.3, 0.4) is 0 Å². The smallest absolute Gasteiger partial charge is 0.342 e. The van der Waals surface area contributed by atoms with Crippen LogP contribution in [-0.2, 0) is 0 Å². The maximum atomic E-state index is 10.9. The standard InChI is InChI=1S/C12H10N2O3/c1-17-11-9(12(15)16)7-13-10(14-11)8-5-3-2-4-6-8/h2-7H,1H3,(H,15,16). The molecule has 1 aromatic carbocycles. The van der Waals surface area contributed by atoms with Crippen molar-refractivity contribution < 1.29 is 14.6 Å². The third-order valence-electron chi connectivity index (χ3n) is 2.21. The molecule has 2 rings (SSSR count). The average molecular weight is 230 g/mol. The van der Waals surface area contributed by atoms with Crippen molar-refractivity contribution in [3.63, 3.8) is 0 Å². The highest BCUT2D eigenvalue weighted by molar-refractivity contribution is 5.90. The van der Waals surface area contributed by atoms with E-state index in [1.165, 1.54) is 13.3 Å². The van der Waals surface area contributed by atoms with Crippen LogP contribution in [-0.4, -0.2) is 28.2 Å². The Morgan fingerprint density at radius 2 is 2.00 bits per heavy atom. The van der Waals surface area contributed by atoms with Crippen molar-refractivity contribution in [3.8, 4) is 17.3 Å². The fraction of sp³-hybridized carbons (Fsp3) is 0.0833. The van der Waals surface area contributed by atoms with Gasteiger partial charge in [-0.05, 0) is 0 Å². The maximum absolute atomic E-state index is 10.9. The molecule has 17 heavy (non-hydrogen) atoms. The molecule has 0 aliphatic carbocycles. The van der Waals surface area contributed by atoms with Gasteiger partial charge in [0, 0.05) is 11.8 Å². The van der Waals surface area contributed by atoms with Crippen LogP contribution in [0.4, 0.5) is 0 Å². The summed E-state index contributed by atoms with van der Waals surface area (Å²) >= 11 is 0. The molecule has 0 saturated heterocycles. The number of rotatable bonds is 3. The number of ether oxygens (including phenoxy) is 1. The number of aromatic nitrogens is 2. The molecule has 1 N–H and O–H groups in total. The van der Waals surface area contributed by atoms with Gasteiger partial charge in [0.25, 0.3) is 0 Å². The van der Waals surface area contributed by atoms with Crippen molar-refractivity contribution in [1.29, 1.82) is 0 Å². The normalized spacial score (nSPS) is 9.94. The van der Waals surface area contributed by atoms with Gasteiger partial charge >= 0.3 is 5.97 Å². The molecule has 0 amide bonds. The molecule has 5 nitrogen and oxygen atoms in total. The van der Waals surface area contributed by atoms with E-state index in [0.717, 1.165) is 5.56 Å². The van der Waals surface area contributed by atoms with Crippen molar-refractivity contribution in [2.45, 2.75) is 0 Å². The van der Waals surface area contributed by atoms with Gasteiger partial charge in [0.05, 0.1) is 7.11 Å². The predicted molar refractivity (Wildman–Crippen MR) is 61.0 cm³/mol. The number of nitrogens with zero attached hydrogens (tertiary/aromatic N) is 2. The van der Waals surface area contributed by atoms with E-state index in [0.29, 0.717) is 5.82 Å². The summed E-state index contributed by atoms with van der Waals surface area (Å²) in [6.45, 7) is 0. The second kappa shape index (κ2) is 4.61. The second-order valence-electron chi connectivity index (χ2n) is 3.29. The van der Waals surface area contributed by atoms with Crippen LogP contribution in [0.5, 0.6) is 5.88 Å². The maximum Gasteiger partial charge on any atom is 0.342 e. The van der Waals surface area contributed by atoms with Gasteiger partial charge < -0.3 is 9.84 Å². The average Bonchev–Trinajstić information content (AvgIpc) is 2.39. The number of hydrogen-bond donors (Lipinski definition) is 1. The van der Waals surface area contributed by atoms with Gasteiger partial charge in [-0.25, -0.2) is 9.78 Å². The van der Waals surface area contributed by atoms with Crippen molar-refractivity contribution in [3.05, 3.63) is 42.1 Å². The fourth-order valence-corrected chi connectivity index (χ4v) is 1.39. The summed E-state index contributed by atoms with van der Waals surface area (Å²) in [5.41, 5.74) is 0.759. The van der Waals surface area contributed by atoms with Gasteiger partial charge in [-0.3, -0.25) is 0 Å². The van der Waals surface area contributed by atoms with Crippen molar-refractivity contribution >= 4 is 5.97 Å². The molecule has 5 heteroatoms. The number of hydrogen-bond acceptors (Lipinski definition) is 4. The van der Waals surface area contributed by atoms with Crippen LogP contribution in [0, 0.1) is 0 Å². The first-order chi connectivity index (χ1) is 8.22. The summed E-state index contributed by atoms with van der Waals surface area (Å²) in [5.74, 6) is -0.611. The predicted octanol–water partition coefficient (Wildman–Crippen LogP) is 1.85. The Hall–Kier alpha value is -2.43. The van der Waals surface area contributed by atoms with E-state index >= 15 is 0 Å². The first-order valence-corrected chi connectivity index (χ1v) is 4.92. The van der Waals surface area contributed by atoms with Crippen LogP contribution in [0.2, 0.25) is 0 Å². The number of carboxylic acid groups (broad SMARTS) is 1. The summed E-state index contributed by atoms with van der Waals surface area (Å²) in [4.78, 5) is 18.9. The highest BCUT2D eigenvalue weighted by Crippen LogP contribution is 2.20. The molecule has 0 saturated carbocycles. The van der Waals surface area contributed by atoms with Gasteiger partial charge in [0.1, 0.15) is 5.56 Å². The largest absolute Gasteiger partial charge is 0.480 e. The lowest BCUT2D eigenvalue weighted by Gasteiger charge is -2.05. The number of aromatic carboxylic acids is 1. The van der Waals surface area contributed by atoms with E-state index in [9.17, 15) is 4.79 Å². The Morgan fingerprint density at radius 3 is 2.59 bits per heavy atom. The lowest BCUT2D eigenvalue weighted by Crippen LogP contribution is -2.04. The molecule has 1 heterocycles. The molecule has 1 aromatic heterocycles. The van der Waals surface area contributed by atoms with Gasteiger partial charge in [-0.15, -0.1) is 0 Å². The summed E-state index contributed by atoms with van der Waals surface area (Å²) in [6, 6.07) is 9.28. The van der Waals surface area contributed by atoms with Gasteiger partial charge in [0.2, 0.25) is 5.88 Å². The first-order valence-electron chi connectivity index (χ1n) is 4.92. The summed E-state index contributed by atoms with van der Waals surface area (Å²) in [6.07, 6.45) is 1.25. The Morgan fingerprint density at radius 1 is 1.29 bits per heavy atom. The van der Waals surface area contributed by atoms with E-state index in [1.807, 2.05) is 30.3 Å². The van der Waals surface area contributed by atoms with E-state index in [4.69, 9.17) is 9.84 Å². The van der Waals surface area contributed by atoms with Crippen molar-refractivity contribution in [1.82, 2.24) is 9.97 Å². The molecule has 0 spiro atoms. The second-order valence-corrected chi connectivity index (χ2v) is 3.29. The minimum absolute atomic E-state index is 0.0489. The Kier molecular flexibility index (Phi) is 3.00. The van der Waals surface area contributed by atoms with Crippen LogP contribution >= 0.6 is 0 Å². The summed E-state index contributed by atoms with van der Waals surface area (Å²) in [5, 5.41) is 8.90. The molecule has 2 aromatic rings. The monoisotopic (exact) mass is 230 g/mol. The molecule has 0 atom stereocenters. The van der Waals surface area contributed by atoms with E-state index in [-0.39, 0.29) is 11.4 Å². The summed E-state index contributed by atoms with van der Waals surface area (Å²) in [7, 11) is 1.38. The SMILES string of the molecule is COc1nc(-c2ccccc2)ncc1C(=O)O. The molecule has 0 aliphatic heterocycles. The number of methoxy groups -OCH3 is 1. The van der Waals surface area contributed by atoms with Crippen molar-refractivity contribution in [2.75, 3.05) is 7.11 Å². The third kappa shape index (κ3) is 2.23. The van der Waals surface area contributed by atoms with Crippen molar-refractivity contribution in [2.24, 2.45) is 0 Å². The number of carbonyl (C=O) groups is 1. The molecular weight excluding hydrogens is 220 g/mol. The Bertz CT molecular complexity index is 541. The van der Waals surface area contributed by atoms with Crippen LogP contribution in [0.25, 0.3) is 11.4 Å². The molecule has 0 aliphatic rings. The zero-order chi connectivity index (χ0) is 12.3. The first kappa shape index (κ1) is 11.1. The van der Waals surface area contributed by atoms with Gasteiger partial charge in [-0.1, -0.05) is 30.3 Å². The van der Waals surface area contributed by atoms with Crippen LogP contribution in [0.15, 0.2) is 36.5 Å². The molecule has 0 bridgehead atoms. The van der Waals surface area contributed by atoms with E-state index in [2.05, 4.69) is 9.97 Å². The summed E-state index contributed by atoms with van der Waals surface area (Å²) < 4.78 is 4.94. The topological polar surface area (TPSA) is 72.3 Å². The van der Waals surface area contributed by atoms with E-state index < -0.39 is 5.97 Å². The lowest BCUT2D eigenvalue weighted by atomic mass is 10.2. The molecule has 0 radical (unpaired) electrons. The Labute approximate surface area is 97.7 Å². The zero-order valence-electron chi connectivity index (χ0n) is 9.12. The zero-order valence-corrected chi connectivity index (χ0v) is 9.12. The van der Waals surface area contributed by atoms with Gasteiger partial charge in [-0.2, -0.15) is 4.98 Å². The minimum atomic E-state index is -1.11. The van der Waals surface area contributed by atoms with Crippen LogP contribution in [0.1, 0.15) is 10.4 Å². The van der Waals surface area contributed by atoms with Crippen LogP contribution < -0.4 is 4.74 Å². The van der Waals surface area contributed by atoms with E-state index in [1.54, 1.807) is 0 Å². The highest BCUT2D eigenvalue weighted by atomic mass is 16.5. The fourth-order valence-electron chi connectivity index (χ4n) is 1.39. The minimum Gasteiger partial charge on any atom is -0.480 e. The Balaban J connectivity index is 2.49. The quantitative estimate of drug-likeness (QED) is 0.871. The number of benzene rings is 1. The molecule has 86 valence electrons. The molecule has 0 unspecified atom stereocenters.